The minimum Gasteiger partial charge on any atom is -0.349 e. The van der Waals surface area contributed by atoms with Gasteiger partial charge < -0.3 is 79.7 Å². The summed E-state index contributed by atoms with van der Waals surface area (Å²) in [6, 6.07) is 6.27. The van der Waals surface area contributed by atoms with E-state index in [1.807, 2.05) is 38.0 Å². The van der Waals surface area contributed by atoms with E-state index in [-0.39, 0.29) is 46.5 Å². The molecule has 0 aliphatic carbocycles. The lowest BCUT2D eigenvalue weighted by Gasteiger charge is -2.10. The number of nitrogens with one attached hydrogen (secondary N) is 8. The molecule has 0 spiro atoms. The van der Waals surface area contributed by atoms with E-state index in [0.29, 0.717) is 73.1 Å². The smallest absolute Gasteiger partial charge is 0.287 e. The maximum Gasteiger partial charge on any atom is 0.287 e. The highest BCUT2D eigenvalue weighted by Gasteiger charge is 2.23. The molecule has 26 nitrogen and oxygen atoms in total. The van der Waals surface area contributed by atoms with Crippen molar-refractivity contribution >= 4 is 82.6 Å². The number of aryl methyl sites for hydroxylation is 6. The molecule has 0 saturated carbocycles. The van der Waals surface area contributed by atoms with Gasteiger partial charge in [0.2, 0.25) is 24.5 Å². The van der Waals surface area contributed by atoms with Gasteiger partial charge in [-0.2, -0.15) is 0 Å². The van der Waals surface area contributed by atoms with Crippen LogP contribution in [0.15, 0.2) is 61.4 Å². The molecule has 0 aliphatic heterocycles. The second-order valence-corrected chi connectivity index (χ2v) is 20.2. The first-order valence-electron chi connectivity index (χ1n) is 26.6. The molecule has 0 radical (unpaired) electrons. The molecule has 8 N–H and O–H groups in total. The summed E-state index contributed by atoms with van der Waals surface area (Å²) in [5.74, 6) is -1.87. The molecule has 0 unspecified atom stereocenters. The number of aromatic nitrogens is 8. The Morgan fingerprint density at radius 1 is 0.425 bits per heavy atom. The van der Waals surface area contributed by atoms with E-state index in [2.05, 4.69) is 52.5 Å². The molecule has 0 aromatic carbocycles. The SMILES string of the molecule is CN(C)CCCNC(=O)c1nc(NC(=O)c2cc(NC(=O)c3cc(NC=O)cn3C)cn2CCCCCCCCCCn2cc(NC(=O)c3cc(NC=O)cn3C)cc2C(=O)Nc2cn(C)c(C(=O)NCCCN(C)C)n2)cn1C. The lowest BCUT2D eigenvalue weighted by atomic mass is 10.1. The van der Waals surface area contributed by atoms with Crippen molar-refractivity contribution in [1.29, 1.82) is 0 Å². The van der Waals surface area contributed by atoms with E-state index in [0.717, 1.165) is 77.3 Å². The van der Waals surface area contributed by atoms with Crippen LogP contribution in [0.3, 0.4) is 0 Å². The van der Waals surface area contributed by atoms with E-state index in [1.165, 1.54) is 0 Å². The number of anilines is 6. The minimum absolute atomic E-state index is 0.146. The number of nitrogens with zero attached hydrogens (tertiary/aromatic N) is 10. The average Bonchev–Trinajstić information content (AvgIpc) is 4.28. The number of carbonyl (C=O) groups excluding carboxylic acids is 8. The highest BCUT2D eigenvalue weighted by molar-refractivity contribution is 6.08. The normalized spacial score (nSPS) is 11.2. The summed E-state index contributed by atoms with van der Waals surface area (Å²) in [5.41, 5.74) is 2.84. The lowest BCUT2D eigenvalue weighted by molar-refractivity contribution is -0.106. The summed E-state index contributed by atoms with van der Waals surface area (Å²) >= 11 is 0. The monoisotopic (exact) mass is 1100 g/mol. The van der Waals surface area contributed by atoms with Gasteiger partial charge in [0.25, 0.3) is 35.4 Å². The molecule has 6 aromatic rings. The number of hydrogen-bond acceptors (Lipinski definition) is 12. The molecular weight excluding hydrogens is 1030 g/mol. The van der Waals surface area contributed by atoms with Gasteiger partial charge in [0, 0.05) is 91.6 Å². The van der Waals surface area contributed by atoms with Crippen LogP contribution in [0.4, 0.5) is 34.4 Å². The first-order valence-corrected chi connectivity index (χ1v) is 26.6. The molecule has 0 bridgehead atoms. The van der Waals surface area contributed by atoms with E-state index in [1.54, 1.807) is 117 Å². The van der Waals surface area contributed by atoms with Gasteiger partial charge in [-0.25, -0.2) is 9.97 Å². The van der Waals surface area contributed by atoms with Crippen molar-refractivity contribution in [1.82, 2.24) is 57.8 Å². The third-order valence-electron chi connectivity index (χ3n) is 13.0. The highest BCUT2D eigenvalue weighted by Crippen LogP contribution is 2.23. The molecular formula is C54H76N18O8. The molecule has 6 rings (SSSR count). The largest absolute Gasteiger partial charge is 0.349 e. The number of imidazole rings is 2. The van der Waals surface area contributed by atoms with Crippen molar-refractivity contribution in [2.75, 3.05) is 86.3 Å². The zero-order valence-corrected chi connectivity index (χ0v) is 47.0. The second kappa shape index (κ2) is 29.3. The van der Waals surface area contributed by atoms with Gasteiger partial charge >= 0.3 is 0 Å². The zero-order valence-electron chi connectivity index (χ0n) is 47.0. The molecule has 8 amide bonds. The maximum atomic E-state index is 13.9. The Balaban J connectivity index is 1.03. The number of rotatable bonds is 33. The summed E-state index contributed by atoms with van der Waals surface area (Å²) in [6.45, 7) is 3.52. The fourth-order valence-electron chi connectivity index (χ4n) is 8.99. The molecule has 0 atom stereocenters. The number of hydrogen-bond donors (Lipinski definition) is 8. The Hall–Kier alpha value is -8.78. The van der Waals surface area contributed by atoms with Crippen molar-refractivity contribution in [3.8, 4) is 0 Å². The van der Waals surface area contributed by atoms with Crippen molar-refractivity contribution in [3.63, 3.8) is 0 Å². The van der Waals surface area contributed by atoms with E-state index in [9.17, 15) is 38.4 Å². The summed E-state index contributed by atoms with van der Waals surface area (Å²) in [5, 5.41) is 22.2. The van der Waals surface area contributed by atoms with Crippen molar-refractivity contribution in [3.05, 3.63) is 95.9 Å². The average molecular weight is 1110 g/mol. The third kappa shape index (κ3) is 17.4. The van der Waals surface area contributed by atoms with Gasteiger partial charge in [0.05, 0.1) is 22.7 Å². The van der Waals surface area contributed by atoms with E-state index < -0.39 is 23.6 Å². The van der Waals surface area contributed by atoms with Crippen LogP contribution in [0.25, 0.3) is 0 Å². The van der Waals surface area contributed by atoms with Crippen molar-refractivity contribution in [2.24, 2.45) is 28.2 Å². The highest BCUT2D eigenvalue weighted by atomic mass is 16.2. The van der Waals surface area contributed by atoms with Gasteiger partial charge in [0.15, 0.2) is 11.6 Å². The Morgan fingerprint density at radius 3 is 1.14 bits per heavy atom. The third-order valence-corrected chi connectivity index (χ3v) is 13.0. The van der Waals surface area contributed by atoms with E-state index >= 15 is 0 Å². The van der Waals surface area contributed by atoms with Crippen LogP contribution < -0.4 is 42.5 Å². The Bertz CT molecular complexity index is 2910. The molecule has 430 valence electrons. The van der Waals surface area contributed by atoms with Crippen LogP contribution >= 0.6 is 0 Å². The van der Waals surface area contributed by atoms with Gasteiger partial charge in [0.1, 0.15) is 22.8 Å². The summed E-state index contributed by atoms with van der Waals surface area (Å²) in [6.07, 6.45) is 19.4. The predicted molar refractivity (Wildman–Crippen MR) is 305 cm³/mol. The number of unbranched alkanes of at least 4 members (excludes halogenated alkanes) is 7. The molecule has 6 heterocycles. The fourth-order valence-corrected chi connectivity index (χ4v) is 8.99. The van der Waals surface area contributed by atoms with Gasteiger partial charge in [-0.3, -0.25) is 38.4 Å². The Morgan fingerprint density at radius 2 is 0.775 bits per heavy atom. The lowest BCUT2D eigenvalue weighted by Crippen LogP contribution is -2.29. The van der Waals surface area contributed by atoms with Crippen molar-refractivity contribution in [2.45, 2.75) is 77.3 Å². The van der Waals surface area contributed by atoms with Crippen LogP contribution in [0, 0.1) is 0 Å². The van der Waals surface area contributed by atoms with Crippen molar-refractivity contribution < 1.29 is 38.4 Å². The summed E-state index contributed by atoms with van der Waals surface area (Å²) in [7, 11) is 14.6. The van der Waals surface area contributed by atoms with Crippen LogP contribution in [0.2, 0.25) is 0 Å². The Labute approximate surface area is 465 Å². The zero-order chi connectivity index (χ0) is 57.9. The molecule has 0 aliphatic rings. The summed E-state index contributed by atoms with van der Waals surface area (Å²) < 4.78 is 9.84. The standard InChI is InChI=1S/C54H76N18O8/c1-65(2)21-17-19-55-53(79)47-61-45(33-69(47)7)63-51(77)43-27-39(59-49(75)41-25-37(57-35-73)29-67(41)5)31-71(43)23-15-13-11-9-10-12-14-16-24-72-32-40(60-50(76)42-26-38(58-36-74)30-68(42)6)28-44(72)52(78)64-46-34-70(8)48(62-46)54(80)56-20-18-22-66(3)4/h25-36H,9-24H2,1-8H3,(H,55,79)(H,56,80)(H,57,73)(H,58,74)(H,59,75)(H,60,76)(H,63,77)(H,64,78). The van der Waals surface area contributed by atoms with Crippen LogP contribution in [-0.4, -0.2) is 150 Å². The fraction of sp³-hybridized carbons (Fsp3) is 0.444. The minimum atomic E-state index is -0.475. The maximum absolute atomic E-state index is 13.9. The quantitative estimate of drug-likeness (QED) is 0.0204. The number of carbonyl (C=O) groups is 8. The molecule has 6 aromatic heterocycles. The molecule has 0 fully saturated rings. The first-order chi connectivity index (χ1) is 38.3. The number of amides is 8. The van der Waals surface area contributed by atoms with E-state index in [4.69, 9.17) is 0 Å². The molecule has 0 saturated heterocycles. The second-order valence-electron chi connectivity index (χ2n) is 20.2. The summed E-state index contributed by atoms with van der Waals surface area (Å²) in [4.78, 5) is 115. The Kier molecular flexibility index (Phi) is 22.1. The van der Waals surface area contributed by atoms with Crippen LogP contribution in [0.5, 0.6) is 0 Å². The molecule has 80 heavy (non-hydrogen) atoms. The predicted octanol–water partition coefficient (Wildman–Crippen LogP) is 4.76. The molecule has 26 heteroatoms. The van der Waals surface area contributed by atoms with Gasteiger partial charge in [-0.15, -0.1) is 0 Å². The topological polar surface area (TPSA) is 295 Å². The van der Waals surface area contributed by atoms with Gasteiger partial charge in [-0.1, -0.05) is 38.5 Å². The van der Waals surface area contributed by atoms with Crippen LogP contribution in [0.1, 0.15) is 127 Å². The van der Waals surface area contributed by atoms with Gasteiger partial charge in [-0.05, 0) is 91.2 Å². The van der Waals surface area contributed by atoms with Crippen LogP contribution in [-0.2, 0) is 50.9 Å². The first kappa shape index (κ1) is 60.4.